The number of methoxy groups -OCH3 is 2. The summed E-state index contributed by atoms with van der Waals surface area (Å²) in [6.45, 7) is 0. The number of ether oxygens (including phenoxy) is 3. The van der Waals surface area contributed by atoms with Crippen LogP contribution >= 0.6 is 0 Å². The van der Waals surface area contributed by atoms with E-state index in [0.717, 1.165) is 0 Å². The van der Waals surface area contributed by atoms with Crippen molar-refractivity contribution in [2.45, 2.75) is 25.0 Å². The van der Waals surface area contributed by atoms with Crippen molar-refractivity contribution in [1.82, 2.24) is 0 Å². The number of cyclic esters (lactones) is 1. The van der Waals surface area contributed by atoms with Crippen molar-refractivity contribution in [3.05, 3.63) is 23.8 Å². The van der Waals surface area contributed by atoms with Crippen molar-refractivity contribution in [1.29, 1.82) is 0 Å². The Morgan fingerprint density at radius 2 is 2.06 bits per heavy atom. The third-order valence-electron chi connectivity index (χ3n) is 3.02. The van der Waals surface area contributed by atoms with Gasteiger partial charge in [-0.3, -0.25) is 4.79 Å². The molecule has 0 bridgehead atoms. The van der Waals surface area contributed by atoms with Gasteiger partial charge in [0.25, 0.3) is 0 Å². The maximum Gasteiger partial charge on any atom is 0.306 e. The van der Waals surface area contributed by atoms with Crippen LogP contribution < -0.4 is 9.47 Å². The lowest BCUT2D eigenvalue weighted by Crippen LogP contribution is -2.18. The molecule has 1 heterocycles. The molecule has 0 amide bonds. The number of carbonyl (C=O) groups is 1. The highest BCUT2D eigenvalue weighted by Crippen LogP contribution is 2.33. The molecule has 0 unspecified atom stereocenters. The van der Waals surface area contributed by atoms with Crippen molar-refractivity contribution in [3.8, 4) is 11.5 Å². The lowest BCUT2D eigenvalue weighted by Gasteiger charge is -2.18. The van der Waals surface area contributed by atoms with E-state index in [2.05, 4.69) is 0 Å². The second-order valence-electron chi connectivity index (χ2n) is 4.13. The zero-order chi connectivity index (χ0) is 13.1. The Bertz CT molecular complexity index is 443. The summed E-state index contributed by atoms with van der Waals surface area (Å²) >= 11 is 0. The van der Waals surface area contributed by atoms with Gasteiger partial charge in [0, 0.05) is 6.42 Å². The van der Waals surface area contributed by atoms with Gasteiger partial charge in [0.15, 0.2) is 11.5 Å². The molecule has 98 valence electrons. The van der Waals surface area contributed by atoms with Gasteiger partial charge in [0.05, 0.1) is 14.2 Å². The zero-order valence-corrected chi connectivity index (χ0v) is 10.4. The molecule has 1 aliphatic rings. The molecule has 1 aromatic rings. The summed E-state index contributed by atoms with van der Waals surface area (Å²) in [6, 6.07) is 5.14. The van der Waals surface area contributed by atoms with E-state index in [1.165, 1.54) is 7.11 Å². The molecule has 18 heavy (non-hydrogen) atoms. The molecule has 0 aromatic heterocycles. The van der Waals surface area contributed by atoms with Crippen LogP contribution in [0.4, 0.5) is 0 Å². The standard InChI is InChI=1S/C13H16O5/c1-16-9-4-3-8(7-11(9)17-2)13(15)10-5-6-12(14)18-10/h3-4,7,10,13,15H,5-6H2,1-2H3/t10-,13-/m1/s1. The molecule has 0 radical (unpaired) electrons. The summed E-state index contributed by atoms with van der Waals surface area (Å²) in [6.07, 6.45) is -0.421. The van der Waals surface area contributed by atoms with Crippen LogP contribution in [0.3, 0.4) is 0 Å². The second-order valence-corrected chi connectivity index (χ2v) is 4.13. The van der Waals surface area contributed by atoms with Crippen LogP contribution in [-0.4, -0.2) is 31.4 Å². The SMILES string of the molecule is COc1ccc([C@@H](O)[C@H]2CCC(=O)O2)cc1OC. The highest BCUT2D eigenvalue weighted by atomic mass is 16.6. The molecule has 1 aromatic carbocycles. The number of esters is 1. The van der Waals surface area contributed by atoms with Crippen LogP contribution in [0.15, 0.2) is 18.2 Å². The van der Waals surface area contributed by atoms with Crippen LogP contribution in [0.2, 0.25) is 0 Å². The van der Waals surface area contributed by atoms with E-state index in [1.807, 2.05) is 0 Å². The van der Waals surface area contributed by atoms with Gasteiger partial charge in [0.2, 0.25) is 0 Å². The van der Waals surface area contributed by atoms with E-state index in [0.29, 0.717) is 29.9 Å². The summed E-state index contributed by atoms with van der Waals surface area (Å²) in [5.41, 5.74) is 0.646. The predicted octanol–water partition coefficient (Wildman–Crippen LogP) is 1.44. The first-order valence-corrected chi connectivity index (χ1v) is 5.75. The van der Waals surface area contributed by atoms with E-state index in [4.69, 9.17) is 14.2 Å². The van der Waals surface area contributed by atoms with E-state index >= 15 is 0 Å². The lowest BCUT2D eigenvalue weighted by atomic mass is 10.0. The quantitative estimate of drug-likeness (QED) is 0.821. The molecule has 1 N–H and O–H groups in total. The first kappa shape index (κ1) is 12.7. The van der Waals surface area contributed by atoms with Gasteiger partial charge < -0.3 is 19.3 Å². The highest BCUT2D eigenvalue weighted by Gasteiger charge is 2.31. The van der Waals surface area contributed by atoms with E-state index in [-0.39, 0.29) is 5.97 Å². The Morgan fingerprint density at radius 1 is 1.33 bits per heavy atom. The number of carbonyl (C=O) groups excluding carboxylic acids is 1. The van der Waals surface area contributed by atoms with Crippen LogP contribution in [0.25, 0.3) is 0 Å². The Kier molecular flexibility index (Phi) is 3.72. The van der Waals surface area contributed by atoms with Gasteiger partial charge >= 0.3 is 5.97 Å². The molecule has 2 rings (SSSR count). The number of aliphatic hydroxyl groups excluding tert-OH is 1. The average molecular weight is 252 g/mol. The lowest BCUT2D eigenvalue weighted by molar-refractivity contribution is -0.145. The van der Waals surface area contributed by atoms with E-state index in [9.17, 15) is 9.90 Å². The van der Waals surface area contributed by atoms with Crippen molar-refractivity contribution in [3.63, 3.8) is 0 Å². The topological polar surface area (TPSA) is 65.0 Å². The second kappa shape index (κ2) is 5.27. The van der Waals surface area contributed by atoms with Gasteiger partial charge in [-0.25, -0.2) is 0 Å². The molecule has 1 saturated heterocycles. The van der Waals surface area contributed by atoms with Gasteiger partial charge in [-0.05, 0) is 24.1 Å². The largest absolute Gasteiger partial charge is 0.493 e. The molecule has 1 aliphatic heterocycles. The summed E-state index contributed by atoms with van der Waals surface area (Å²) in [5, 5.41) is 10.1. The number of benzene rings is 1. The molecule has 5 nitrogen and oxygen atoms in total. The predicted molar refractivity (Wildman–Crippen MR) is 63.6 cm³/mol. The van der Waals surface area contributed by atoms with Gasteiger partial charge in [-0.2, -0.15) is 0 Å². The van der Waals surface area contributed by atoms with Crippen molar-refractivity contribution >= 4 is 5.97 Å². The minimum atomic E-state index is -0.837. The Balaban J connectivity index is 2.20. The number of rotatable bonds is 4. The molecular formula is C13H16O5. The minimum Gasteiger partial charge on any atom is -0.493 e. The van der Waals surface area contributed by atoms with Gasteiger partial charge in [0.1, 0.15) is 12.2 Å². The fourth-order valence-electron chi connectivity index (χ4n) is 2.02. The maximum absolute atomic E-state index is 11.0. The Hall–Kier alpha value is -1.75. The van der Waals surface area contributed by atoms with Crippen LogP contribution in [0.1, 0.15) is 24.5 Å². The summed E-state index contributed by atoms with van der Waals surface area (Å²) < 4.78 is 15.3. The first-order valence-electron chi connectivity index (χ1n) is 5.75. The van der Waals surface area contributed by atoms with Crippen molar-refractivity contribution < 1.29 is 24.1 Å². The zero-order valence-electron chi connectivity index (χ0n) is 10.4. The third kappa shape index (κ3) is 2.41. The minimum absolute atomic E-state index is 0.264. The number of hydrogen-bond donors (Lipinski definition) is 1. The Morgan fingerprint density at radius 3 is 2.61 bits per heavy atom. The molecule has 1 fully saturated rings. The highest BCUT2D eigenvalue weighted by molar-refractivity contribution is 5.71. The summed E-state index contributed by atoms with van der Waals surface area (Å²) in [4.78, 5) is 11.0. The average Bonchev–Trinajstić information content (AvgIpc) is 2.83. The van der Waals surface area contributed by atoms with Crippen LogP contribution in [-0.2, 0) is 9.53 Å². The van der Waals surface area contributed by atoms with E-state index in [1.54, 1.807) is 25.3 Å². The molecule has 0 saturated carbocycles. The number of hydrogen-bond acceptors (Lipinski definition) is 5. The smallest absolute Gasteiger partial charge is 0.306 e. The van der Waals surface area contributed by atoms with Gasteiger partial charge in [-0.15, -0.1) is 0 Å². The molecular weight excluding hydrogens is 236 g/mol. The molecule has 5 heteroatoms. The molecule has 0 spiro atoms. The Labute approximate surface area is 105 Å². The normalized spacial score (nSPS) is 20.4. The monoisotopic (exact) mass is 252 g/mol. The fourth-order valence-corrected chi connectivity index (χ4v) is 2.02. The molecule has 0 aliphatic carbocycles. The van der Waals surface area contributed by atoms with Crippen LogP contribution in [0.5, 0.6) is 11.5 Å². The number of aliphatic hydroxyl groups is 1. The van der Waals surface area contributed by atoms with Crippen molar-refractivity contribution in [2.75, 3.05) is 14.2 Å². The van der Waals surface area contributed by atoms with E-state index < -0.39 is 12.2 Å². The van der Waals surface area contributed by atoms with Crippen molar-refractivity contribution in [2.24, 2.45) is 0 Å². The summed E-state index contributed by atoms with van der Waals surface area (Å²) in [7, 11) is 3.08. The first-order chi connectivity index (χ1) is 8.65. The maximum atomic E-state index is 11.0. The van der Waals surface area contributed by atoms with Crippen LogP contribution in [0, 0.1) is 0 Å². The fraction of sp³-hybridized carbons (Fsp3) is 0.462. The van der Waals surface area contributed by atoms with Gasteiger partial charge in [-0.1, -0.05) is 6.07 Å². The third-order valence-corrected chi connectivity index (χ3v) is 3.02. The summed E-state index contributed by atoms with van der Waals surface area (Å²) in [5.74, 6) is 0.870. The molecule has 2 atom stereocenters.